The molecule has 0 aromatic heterocycles. The molecule has 0 bridgehead atoms. The summed E-state index contributed by atoms with van der Waals surface area (Å²) in [4.78, 5) is 25.9. The van der Waals surface area contributed by atoms with Gasteiger partial charge in [-0.15, -0.1) is 0 Å². The van der Waals surface area contributed by atoms with Crippen LogP contribution in [0.5, 0.6) is 0 Å². The minimum atomic E-state index is -1.01. The Morgan fingerprint density at radius 2 is 2.00 bits per heavy atom. The van der Waals surface area contributed by atoms with Gasteiger partial charge in [-0.3, -0.25) is 9.69 Å². The van der Waals surface area contributed by atoms with E-state index in [1.165, 1.54) is 0 Å². The first-order valence-corrected chi connectivity index (χ1v) is 7.05. The van der Waals surface area contributed by atoms with Crippen molar-refractivity contribution >= 4 is 11.9 Å². The molecule has 1 N–H and O–H groups in total. The van der Waals surface area contributed by atoms with Gasteiger partial charge in [0, 0.05) is 6.54 Å². The molecule has 1 unspecified atom stereocenters. The van der Waals surface area contributed by atoms with E-state index in [0.717, 1.165) is 21.6 Å². The summed E-state index contributed by atoms with van der Waals surface area (Å²) < 4.78 is 0. The molecule has 5 nitrogen and oxygen atoms in total. The van der Waals surface area contributed by atoms with Crippen LogP contribution < -0.4 is 5.32 Å². The Hall–Kier alpha value is -2.35. The number of imide groups is 1. The van der Waals surface area contributed by atoms with E-state index in [4.69, 9.17) is 5.26 Å². The lowest BCUT2D eigenvalue weighted by atomic mass is 9.85. The molecule has 3 amide bonds. The van der Waals surface area contributed by atoms with Gasteiger partial charge in [0.2, 0.25) is 0 Å². The Morgan fingerprint density at radius 3 is 2.57 bits per heavy atom. The average Bonchev–Trinajstić information content (AvgIpc) is 2.72. The number of hydrogen-bond donors (Lipinski definition) is 1. The highest BCUT2D eigenvalue weighted by Gasteiger charge is 2.50. The fourth-order valence-electron chi connectivity index (χ4n) is 2.64. The number of amides is 3. The number of carbonyl (C=O) groups is 2. The molecule has 0 aliphatic carbocycles. The van der Waals surface area contributed by atoms with Gasteiger partial charge < -0.3 is 5.32 Å². The lowest BCUT2D eigenvalue weighted by Gasteiger charge is -2.26. The first-order valence-electron chi connectivity index (χ1n) is 7.05. The van der Waals surface area contributed by atoms with Crippen LogP contribution in [0.1, 0.15) is 36.5 Å². The van der Waals surface area contributed by atoms with Crippen LogP contribution >= 0.6 is 0 Å². The van der Waals surface area contributed by atoms with Crippen molar-refractivity contribution in [3.8, 4) is 6.07 Å². The van der Waals surface area contributed by atoms with Crippen LogP contribution in [0, 0.1) is 25.2 Å². The van der Waals surface area contributed by atoms with Gasteiger partial charge in [0.25, 0.3) is 5.91 Å². The molecule has 1 fully saturated rings. The first-order chi connectivity index (χ1) is 9.96. The van der Waals surface area contributed by atoms with Crippen LogP contribution in [-0.4, -0.2) is 23.4 Å². The number of hydrogen-bond acceptors (Lipinski definition) is 3. The number of urea groups is 1. The number of nitrogens with one attached hydrogen (secondary N) is 1. The summed E-state index contributed by atoms with van der Waals surface area (Å²) in [6.07, 6.45) is 0.620. The molecule has 0 spiro atoms. The van der Waals surface area contributed by atoms with Crippen molar-refractivity contribution in [2.45, 2.75) is 39.2 Å². The van der Waals surface area contributed by atoms with E-state index in [0.29, 0.717) is 6.42 Å². The summed E-state index contributed by atoms with van der Waals surface area (Å²) in [5.74, 6) is -0.270. The van der Waals surface area contributed by atoms with Crippen molar-refractivity contribution in [3.63, 3.8) is 0 Å². The van der Waals surface area contributed by atoms with E-state index in [2.05, 4.69) is 5.32 Å². The van der Waals surface area contributed by atoms with Crippen molar-refractivity contribution in [1.82, 2.24) is 10.2 Å². The van der Waals surface area contributed by atoms with Gasteiger partial charge in [0.1, 0.15) is 5.54 Å². The highest BCUT2D eigenvalue weighted by molar-refractivity contribution is 6.07. The van der Waals surface area contributed by atoms with E-state index in [1.54, 1.807) is 0 Å². The van der Waals surface area contributed by atoms with Gasteiger partial charge in [-0.05, 0) is 37.0 Å². The fraction of sp³-hybridized carbons (Fsp3) is 0.438. The quantitative estimate of drug-likeness (QED) is 0.863. The predicted octanol–water partition coefficient (Wildman–Crippen LogP) is 2.37. The van der Waals surface area contributed by atoms with E-state index in [9.17, 15) is 9.59 Å². The average molecular weight is 285 g/mol. The van der Waals surface area contributed by atoms with Crippen molar-refractivity contribution < 1.29 is 9.59 Å². The zero-order chi connectivity index (χ0) is 15.6. The van der Waals surface area contributed by atoms with Gasteiger partial charge >= 0.3 is 6.03 Å². The number of carbonyl (C=O) groups excluding carboxylic acids is 2. The van der Waals surface area contributed by atoms with Crippen LogP contribution in [0.4, 0.5) is 4.79 Å². The molecule has 0 saturated carbocycles. The molecule has 1 atom stereocenters. The number of nitrogens with zero attached hydrogens (tertiary/aromatic N) is 2. The third-order valence-electron chi connectivity index (χ3n) is 4.15. The maximum atomic E-state index is 12.7. The second kappa shape index (κ2) is 5.57. The highest BCUT2D eigenvalue weighted by Crippen LogP contribution is 2.33. The lowest BCUT2D eigenvalue weighted by Crippen LogP contribution is -2.43. The number of benzene rings is 1. The van der Waals surface area contributed by atoms with E-state index in [1.807, 2.05) is 45.0 Å². The van der Waals surface area contributed by atoms with Gasteiger partial charge in [0.05, 0.1) is 12.5 Å². The minimum absolute atomic E-state index is 0.133. The second-order valence-electron chi connectivity index (χ2n) is 5.35. The molecular weight excluding hydrogens is 266 g/mol. The third kappa shape index (κ3) is 2.38. The Labute approximate surface area is 124 Å². The van der Waals surface area contributed by atoms with Crippen molar-refractivity contribution in [3.05, 3.63) is 34.9 Å². The Kier molecular flexibility index (Phi) is 3.99. The summed E-state index contributed by atoms with van der Waals surface area (Å²) >= 11 is 0. The summed E-state index contributed by atoms with van der Waals surface area (Å²) in [5, 5.41) is 11.5. The molecule has 1 aliphatic rings. The molecule has 5 heteroatoms. The first kappa shape index (κ1) is 15.0. The Bertz CT molecular complexity index is 633. The summed E-state index contributed by atoms with van der Waals surface area (Å²) in [6.45, 7) is 6.00. The number of rotatable bonds is 4. The third-order valence-corrected chi connectivity index (χ3v) is 4.15. The minimum Gasteiger partial charge on any atom is -0.319 e. The zero-order valence-electron chi connectivity index (χ0n) is 12.6. The molecule has 1 aliphatic heterocycles. The summed E-state index contributed by atoms with van der Waals surface area (Å²) in [5.41, 5.74) is 2.01. The molecular formula is C16H19N3O2. The zero-order valence-corrected chi connectivity index (χ0v) is 12.6. The second-order valence-corrected chi connectivity index (χ2v) is 5.35. The normalized spacial score (nSPS) is 21.3. The topological polar surface area (TPSA) is 73.2 Å². The van der Waals surface area contributed by atoms with Gasteiger partial charge in [-0.25, -0.2) is 4.79 Å². The fourth-order valence-corrected chi connectivity index (χ4v) is 2.64. The molecule has 1 saturated heterocycles. The summed E-state index contributed by atoms with van der Waals surface area (Å²) in [7, 11) is 0. The Morgan fingerprint density at radius 1 is 1.29 bits per heavy atom. The largest absolute Gasteiger partial charge is 0.325 e. The van der Waals surface area contributed by atoms with E-state index < -0.39 is 11.6 Å². The van der Waals surface area contributed by atoms with Crippen LogP contribution in [-0.2, 0) is 10.3 Å². The maximum absolute atomic E-state index is 12.7. The summed E-state index contributed by atoms with van der Waals surface area (Å²) in [6, 6.07) is 7.34. The van der Waals surface area contributed by atoms with Crippen LogP contribution in [0.3, 0.4) is 0 Å². The van der Waals surface area contributed by atoms with Gasteiger partial charge in [-0.1, -0.05) is 25.1 Å². The number of nitriles is 1. The highest BCUT2D eigenvalue weighted by atomic mass is 16.2. The van der Waals surface area contributed by atoms with Crippen LogP contribution in [0.25, 0.3) is 0 Å². The molecule has 1 aromatic carbocycles. The predicted molar refractivity (Wildman–Crippen MR) is 78.4 cm³/mol. The number of aryl methyl sites for hydroxylation is 2. The molecule has 0 radical (unpaired) electrons. The van der Waals surface area contributed by atoms with Crippen LogP contribution in [0.15, 0.2) is 18.2 Å². The molecule has 110 valence electrons. The van der Waals surface area contributed by atoms with E-state index >= 15 is 0 Å². The molecule has 2 rings (SSSR count). The van der Waals surface area contributed by atoms with Crippen molar-refractivity contribution in [2.75, 3.05) is 6.54 Å². The molecule has 1 aromatic rings. The van der Waals surface area contributed by atoms with Crippen molar-refractivity contribution in [1.29, 1.82) is 5.26 Å². The molecule has 1 heterocycles. The van der Waals surface area contributed by atoms with Gasteiger partial charge in [0.15, 0.2) is 0 Å². The molecule has 21 heavy (non-hydrogen) atoms. The lowest BCUT2D eigenvalue weighted by molar-refractivity contribution is -0.131. The van der Waals surface area contributed by atoms with Crippen molar-refractivity contribution in [2.24, 2.45) is 0 Å². The van der Waals surface area contributed by atoms with E-state index in [-0.39, 0.29) is 18.9 Å². The monoisotopic (exact) mass is 285 g/mol. The SMILES string of the molecule is CCC1(c2ccc(C)c(C)c2)NC(=O)N(CCC#N)C1=O. The smallest absolute Gasteiger partial charge is 0.319 e. The standard InChI is InChI=1S/C16H19N3O2/c1-4-16(13-7-6-11(2)12(3)10-13)14(20)19(9-5-8-17)15(21)18-16/h6-7,10H,4-5,9H2,1-3H3,(H,18,21). The van der Waals surface area contributed by atoms with Crippen LogP contribution in [0.2, 0.25) is 0 Å². The Balaban J connectivity index is 2.43. The van der Waals surface area contributed by atoms with Gasteiger partial charge in [-0.2, -0.15) is 5.26 Å². The maximum Gasteiger partial charge on any atom is 0.325 e.